The van der Waals surface area contributed by atoms with Crippen molar-refractivity contribution in [3.63, 3.8) is 0 Å². The van der Waals surface area contributed by atoms with Crippen molar-refractivity contribution >= 4 is 11.9 Å². The van der Waals surface area contributed by atoms with Gasteiger partial charge in [0.1, 0.15) is 5.75 Å². The van der Waals surface area contributed by atoms with E-state index in [0.717, 1.165) is 17.5 Å². The Morgan fingerprint density at radius 3 is 2.24 bits per heavy atom. The van der Waals surface area contributed by atoms with E-state index >= 15 is 0 Å². The van der Waals surface area contributed by atoms with Crippen LogP contribution in [0.4, 0.5) is 0 Å². The smallest absolute Gasteiger partial charge is 0.344 e. The summed E-state index contributed by atoms with van der Waals surface area (Å²) < 4.78 is 10.4. The van der Waals surface area contributed by atoms with E-state index in [1.54, 1.807) is 0 Å². The van der Waals surface area contributed by atoms with E-state index in [1.165, 1.54) is 0 Å². The summed E-state index contributed by atoms with van der Waals surface area (Å²) in [6.07, 6.45) is 0.815. The Morgan fingerprint density at radius 1 is 1.04 bits per heavy atom. The zero-order valence-electron chi connectivity index (χ0n) is 16.5. The summed E-state index contributed by atoms with van der Waals surface area (Å²) in [7, 11) is 0. The third-order valence-electron chi connectivity index (χ3n) is 3.49. The standard InChI is InChI=1S/C20H31NO4/c1-14-8-9-16(15(2)10-14)24-12-18(23)25-11-17(22)21-20(6,7)13-19(3,4)5/h8-10H,11-13H2,1-7H3,(H,21,22). The summed E-state index contributed by atoms with van der Waals surface area (Å²) in [4.78, 5) is 23.8. The van der Waals surface area contributed by atoms with Gasteiger partial charge in [0, 0.05) is 5.54 Å². The molecule has 0 unspecified atom stereocenters. The summed E-state index contributed by atoms with van der Waals surface area (Å²) in [5, 5.41) is 2.90. The Labute approximate surface area is 151 Å². The molecule has 140 valence electrons. The average Bonchev–Trinajstić information content (AvgIpc) is 2.40. The second-order valence-corrected chi connectivity index (χ2v) is 8.39. The van der Waals surface area contributed by atoms with Crippen LogP contribution in [-0.4, -0.2) is 30.6 Å². The third kappa shape index (κ3) is 8.57. The van der Waals surface area contributed by atoms with Gasteiger partial charge in [-0.05, 0) is 51.2 Å². The number of esters is 1. The molecule has 0 saturated carbocycles. The molecule has 0 aliphatic rings. The van der Waals surface area contributed by atoms with Gasteiger partial charge < -0.3 is 14.8 Å². The van der Waals surface area contributed by atoms with Crippen molar-refractivity contribution in [3.05, 3.63) is 29.3 Å². The highest BCUT2D eigenvalue weighted by Gasteiger charge is 2.27. The normalized spacial score (nSPS) is 11.8. The second-order valence-electron chi connectivity index (χ2n) is 8.39. The van der Waals surface area contributed by atoms with Crippen molar-refractivity contribution in [1.82, 2.24) is 5.32 Å². The first kappa shape index (κ1) is 21.0. The lowest BCUT2D eigenvalue weighted by Crippen LogP contribution is -2.47. The highest BCUT2D eigenvalue weighted by atomic mass is 16.6. The zero-order chi connectivity index (χ0) is 19.3. The lowest BCUT2D eigenvalue weighted by Gasteiger charge is -2.33. The maximum Gasteiger partial charge on any atom is 0.344 e. The highest BCUT2D eigenvalue weighted by Crippen LogP contribution is 2.26. The van der Waals surface area contributed by atoms with Gasteiger partial charge in [-0.1, -0.05) is 38.5 Å². The fourth-order valence-electron chi connectivity index (χ4n) is 3.07. The van der Waals surface area contributed by atoms with E-state index in [1.807, 2.05) is 45.9 Å². The van der Waals surface area contributed by atoms with Crippen LogP contribution in [0.2, 0.25) is 0 Å². The number of carbonyl (C=O) groups is 2. The minimum absolute atomic E-state index is 0.0905. The van der Waals surface area contributed by atoms with Crippen molar-refractivity contribution < 1.29 is 19.1 Å². The minimum Gasteiger partial charge on any atom is -0.482 e. The molecule has 0 aromatic heterocycles. The molecule has 5 heteroatoms. The van der Waals surface area contributed by atoms with Crippen LogP contribution >= 0.6 is 0 Å². The Morgan fingerprint density at radius 2 is 1.68 bits per heavy atom. The molecule has 1 amide bonds. The molecule has 0 fully saturated rings. The number of hydrogen-bond donors (Lipinski definition) is 1. The van der Waals surface area contributed by atoms with Gasteiger partial charge in [0.25, 0.3) is 5.91 Å². The first-order valence-corrected chi connectivity index (χ1v) is 8.55. The monoisotopic (exact) mass is 349 g/mol. The minimum atomic E-state index is -0.566. The molecule has 1 aromatic rings. The van der Waals surface area contributed by atoms with Crippen LogP contribution in [0.5, 0.6) is 5.75 Å². The molecule has 0 atom stereocenters. The van der Waals surface area contributed by atoms with E-state index in [-0.39, 0.29) is 30.1 Å². The Hall–Kier alpha value is -2.04. The molecular weight excluding hydrogens is 318 g/mol. The fraction of sp³-hybridized carbons (Fsp3) is 0.600. The van der Waals surface area contributed by atoms with Crippen molar-refractivity contribution in [2.24, 2.45) is 5.41 Å². The van der Waals surface area contributed by atoms with E-state index < -0.39 is 5.97 Å². The summed E-state index contributed by atoms with van der Waals surface area (Å²) in [6, 6.07) is 5.71. The molecule has 0 heterocycles. The van der Waals surface area contributed by atoms with Crippen LogP contribution in [0.15, 0.2) is 18.2 Å². The van der Waals surface area contributed by atoms with Gasteiger partial charge in [0.15, 0.2) is 13.2 Å². The molecule has 0 saturated heterocycles. The van der Waals surface area contributed by atoms with Crippen LogP contribution < -0.4 is 10.1 Å². The quantitative estimate of drug-likeness (QED) is 0.765. The van der Waals surface area contributed by atoms with E-state index in [2.05, 4.69) is 26.1 Å². The van der Waals surface area contributed by atoms with Gasteiger partial charge in [-0.3, -0.25) is 4.79 Å². The van der Waals surface area contributed by atoms with Crippen LogP contribution in [0.1, 0.15) is 52.2 Å². The van der Waals surface area contributed by atoms with Crippen LogP contribution in [0.3, 0.4) is 0 Å². The van der Waals surface area contributed by atoms with Gasteiger partial charge in [-0.15, -0.1) is 0 Å². The second kappa shape index (κ2) is 8.37. The Kier molecular flexibility index (Phi) is 7.03. The van der Waals surface area contributed by atoms with Gasteiger partial charge in [0.2, 0.25) is 0 Å². The van der Waals surface area contributed by atoms with Gasteiger partial charge in [0.05, 0.1) is 0 Å². The SMILES string of the molecule is Cc1ccc(OCC(=O)OCC(=O)NC(C)(C)CC(C)(C)C)c(C)c1. The first-order valence-electron chi connectivity index (χ1n) is 8.55. The van der Waals surface area contributed by atoms with E-state index in [0.29, 0.717) is 5.75 Å². The number of ether oxygens (including phenoxy) is 2. The lowest BCUT2D eigenvalue weighted by atomic mass is 9.82. The highest BCUT2D eigenvalue weighted by molar-refractivity contribution is 5.81. The van der Waals surface area contributed by atoms with Crippen LogP contribution in [0, 0.1) is 19.3 Å². The number of hydrogen-bond acceptors (Lipinski definition) is 4. The average molecular weight is 349 g/mol. The number of nitrogens with one attached hydrogen (secondary N) is 1. The molecule has 0 spiro atoms. The van der Waals surface area contributed by atoms with Gasteiger partial charge in [-0.25, -0.2) is 4.79 Å². The van der Waals surface area contributed by atoms with Crippen molar-refractivity contribution in [2.45, 2.75) is 60.4 Å². The molecule has 25 heavy (non-hydrogen) atoms. The van der Waals surface area contributed by atoms with E-state index in [9.17, 15) is 9.59 Å². The number of rotatable bonds is 7. The molecule has 1 N–H and O–H groups in total. The third-order valence-corrected chi connectivity index (χ3v) is 3.49. The molecule has 5 nitrogen and oxygen atoms in total. The predicted octanol–water partition coefficient (Wildman–Crippen LogP) is 3.56. The summed E-state index contributed by atoms with van der Waals surface area (Å²) >= 11 is 0. The van der Waals surface area contributed by atoms with Gasteiger partial charge >= 0.3 is 5.97 Å². The summed E-state index contributed by atoms with van der Waals surface area (Å²) in [5.41, 5.74) is 1.81. The van der Waals surface area contributed by atoms with Crippen LogP contribution in [-0.2, 0) is 14.3 Å². The first-order chi connectivity index (χ1) is 11.4. The Bertz CT molecular complexity index is 615. The fourth-order valence-corrected chi connectivity index (χ4v) is 3.07. The predicted molar refractivity (Wildman–Crippen MR) is 98.7 cm³/mol. The summed E-state index contributed by atoms with van der Waals surface area (Å²) in [6.45, 7) is 13.7. The van der Waals surface area contributed by atoms with Crippen LogP contribution in [0.25, 0.3) is 0 Å². The maximum atomic E-state index is 12.0. The maximum absolute atomic E-state index is 12.0. The molecule has 1 rings (SSSR count). The number of aryl methyl sites for hydroxylation is 2. The molecule has 1 aromatic carbocycles. The Balaban J connectivity index is 2.39. The lowest BCUT2D eigenvalue weighted by molar-refractivity contribution is -0.151. The molecule has 0 bridgehead atoms. The van der Waals surface area contributed by atoms with Crippen molar-refractivity contribution in [1.29, 1.82) is 0 Å². The van der Waals surface area contributed by atoms with Crippen molar-refractivity contribution in [2.75, 3.05) is 13.2 Å². The molecule has 0 aliphatic carbocycles. The topological polar surface area (TPSA) is 64.6 Å². The van der Waals surface area contributed by atoms with Gasteiger partial charge in [-0.2, -0.15) is 0 Å². The molecule has 0 radical (unpaired) electrons. The van der Waals surface area contributed by atoms with E-state index in [4.69, 9.17) is 9.47 Å². The number of benzene rings is 1. The zero-order valence-corrected chi connectivity index (χ0v) is 16.5. The number of carbonyl (C=O) groups excluding carboxylic acids is 2. The number of amides is 1. The summed E-state index contributed by atoms with van der Waals surface area (Å²) in [5.74, 6) is -0.240. The molecule has 0 aliphatic heterocycles. The van der Waals surface area contributed by atoms with Crippen molar-refractivity contribution in [3.8, 4) is 5.75 Å². The largest absolute Gasteiger partial charge is 0.482 e. The molecular formula is C20H31NO4.